The Hall–Kier alpha value is -3.57. The van der Waals surface area contributed by atoms with Crippen LogP contribution in [0.3, 0.4) is 0 Å². The Morgan fingerprint density at radius 3 is 2.27 bits per heavy atom. The molecule has 1 heterocycles. The lowest BCUT2D eigenvalue weighted by molar-refractivity contribution is -0.132. The number of carbonyl (C=O) groups is 2. The van der Waals surface area contributed by atoms with Gasteiger partial charge in [0.1, 0.15) is 11.5 Å². The van der Waals surface area contributed by atoms with E-state index in [9.17, 15) is 19.8 Å². The fourth-order valence-corrected chi connectivity index (χ4v) is 3.70. The minimum Gasteiger partial charge on any atom is -0.508 e. The monoisotopic (exact) mass is 419 g/mol. The van der Waals surface area contributed by atoms with E-state index in [1.54, 1.807) is 48.5 Å². The molecule has 1 atom stereocenters. The van der Waals surface area contributed by atoms with E-state index in [0.29, 0.717) is 21.8 Å². The topological polar surface area (TPSA) is 77.8 Å². The van der Waals surface area contributed by atoms with Crippen molar-refractivity contribution in [2.45, 2.75) is 13.0 Å². The van der Waals surface area contributed by atoms with Crippen molar-refractivity contribution in [2.24, 2.45) is 0 Å². The molecule has 30 heavy (non-hydrogen) atoms. The van der Waals surface area contributed by atoms with Crippen molar-refractivity contribution < 1.29 is 19.8 Å². The van der Waals surface area contributed by atoms with Crippen LogP contribution in [0.2, 0.25) is 5.02 Å². The predicted octanol–water partition coefficient (Wildman–Crippen LogP) is 4.98. The van der Waals surface area contributed by atoms with Crippen LogP contribution in [-0.2, 0) is 9.59 Å². The number of phenols is 1. The fraction of sp³-hybridized carbons (Fsp3) is 0.0833. The Balaban J connectivity index is 1.95. The number of halogens is 1. The second-order valence-corrected chi connectivity index (χ2v) is 7.54. The molecule has 0 saturated carbocycles. The van der Waals surface area contributed by atoms with Gasteiger partial charge >= 0.3 is 0 Å². The van der Waals surface area contributed by atoms with Crippen molar-refractivity contribution in [3.63, 3.8) is 0 Å². The Labute approximate surface area is 178 Å². The van der Waals surface area contributed by atoms with Crippen LogP contribution in [0.25, 0.3) is 5.76 Å². The molecular weight excluding hydrogens is 402 g/mol. The number of Topliss-reactive ketones (excluding diaryl/α,β-unsaturated/α-hetero) is 1. The Morgan fingerprint density at radius 2 is 1.63 bits per heavy atom. The Bertz CT molecular complexity index is 1170. The van der Waals surface area contributed by atoms with Gasteiger partial charge in [0.25, 0.3) is 11.7 Å². The van der Waals surface area contributed by atoms with Crippen molar-refractivity contribution in [1.82, 2.24) is 0 Å². The van der Waals surface area contributed by atoms with E-state index in [0.717, 1.165) is 5.56 Å². The van der Waals surface area contributed by atoms with E-state index in [1.807, 2.05) is 19.1 Å². The first kappa shape index (κ1) is 19.7. The summed E-state index contributed by atoms with van der Waals surface area (Å²) in [5.41, 5.74) is 2.34. The highest BCUT2D eigenvalue weighted by Gasteiger charge is 2.47. The van der Waals surface area contributed by atoms with Crippen LogP contribution in [0.4, 0.5) is 5.69 Å². The molecule has 2 N–H and O–H groups in total. The summed E-state index contributed by atoms with van der Waals surface area (Å²) in [4.78, 5) is 27.3. The summed E-state index contributed by atoms with van der Waals surface area (Å²) in [5.74, 6) is -1.83. The number of aliphatic hydroxyl groups excluding tert-OH is 1. The van der Waals surface area contributed by atoms with Crippen LogP contribution in [0.5, 0.6) is 5.75 Å². The molecule has 3 aromatic rings. The van der Waals surface area contributed by atoms with Gasteiger partial charge in [0.2, 0.25) is 0 Å². The largest absolute Gasteiger partial charge is 0.508 e. The number of nitrogens with zero attached hydrogens (tertiary/aromatic N) is 1. The molecule has 5 nitrogen and oxygen atoms in total. The van der Waals surface area contributed by atoms with Crippen LogP contribution < -0.4 is 4.90 Å². The number of carbonyl (C=O) groups excluding carboxylic acids is 2. The molecule has 1 aliphatic heterocycles. The van der Waals surface area contributed by atoms with Crippen LogP contribution >= 0.6 is 11.6 Å². The molecule has 0 aliphatic carbocycles. The predicted molar refractivity (Wildman–Crippen MR) is 116 cm³/mol. The Morgan fingerprint density at radius 1 is 0.967 bits per heavy atom. The van der Waals surface area contributed by atoms with Crippen molar-refractivity contribution in [3.8, 4) is 5.75 Å². The van der Waals surface area contributed by atoms with E-state index < -0.39 is 17.7 Å². The minimum atomic E-state index is -0.903. The summed E-state index contributed by atoms with van der Waals surface area (Å²) in [7, 11) is 0. The van der Waals surface area contributed by atoms with E-state index in [4.69, 9.17) is 11.6 Å². The van der Waals surface area contributed by atoms with E-state index in [1.165, 1.54) is 17.0 Å². The first-order valence-corrected chi connectivity index (χ1v) is 9.67. The number of hydrogen-bond acceptors (Lipinski definition) is 4. The molecule has 1 fully saturated rings. The zero-order valence-electron chi connectivity index (χ0n) is 16.0. The lowest BCUT2D eigenvalue weighted by atomic mass is 9.94. The van der Waals surface area contributed by atoms with Crippen molar-refractivity contribution in [2.75, 3.05) is 4.90 Å². The molecule has 3 aromatic carbocycles. The highest BCUT2D eigenvalue weighted by Crippen LogP contribution is 2.42. The van der Waals surface area contributed by atoms with Gasteiger partial charge in [0, 0.05) is 16.3 Å². The van der Waals surface area contributed by atoms with Gasteiger partial charge in [0.15, 0.2) is 0 Å². The molecular formula is C24H18ClNO4. The molecule has 6 heteroatoms. The molecule has 1 amide bonds. The number of aryl methyl sites for hydroxylation is 1. The van der Waals surface area contributed by atoms with Gasteiger partial charge in [-0.15, -0.1) is 0 Å². The number of amides is 1. The molecule has 150 valence electrons. The summed E-state index contributed by atoms with van der Waals surface area (Å²) < 4.78 is 0. The van der Waals surface area contributed by atoms with E-state index >= 15 is 0 Å². The van der Waals surface area contributed by atoms with Gasteiger partial charge in [-0.05, 0) is 48.9 Å². The molecule has 0 spiro atoms. The number of phenolic OH excluding ortho intramolecular Hbond substituents is 1. The zero-order chi connectivity index (χ0) is 21.4. The summed E-state index contributed by atoms with van der Waals surface area (Å²) in [5, 5.41) is 21.5. The van der Waals surface area contributed by atoms with Crippen LogP contribution in [0, 0.1) is 6.92 Å². The van der Waals surface area contributed by atoms with Gasteiger partial charge < -0.3 is 10.2 Å². The SMILES string of the molecule is Cc1ccc(/C(O)=C2\C(=O)C(=O)N(c3ccc(Cl)cc3)C2c2cccc(O)c2)cc1. The summed E-state index contributed by atoms with van der Waals surface area (Å²) in [6.45, 7) is 1.91. The van der Waals surface area contributed by atoms with Crippen molar-refractivity contribution in [1.29, 1.82) is 0 Å². The zero-order valence-corrected chi connectivity index (χ0v) is 16.8. The normalized spacial score (nSPS) is 18.1. The van der Waals surface area contributed by atoms with Crippen LogP contribution in [-0.4, -0.2) is 21.9 Å². The fourth-order valence-electron chi connectivity index (χ4n) is 3.58. The number of benzene rings is 3. The lowest BCUT2D eigenvalue weighted by Gasteiger charge is -2.25. The van der Waals surface area contributed by atoms with Gasteiger partial charge in [-0.1, -0.05) is 53.6 Å². The first-order valence-electron chi connectivity index (χ1n) is 9.29. The van der Waals surface area contributed by atoms with E-state index in [-0.39, 0.29) is 17.1 Å². The second kappa shape index (κ2) is 7.69. The number of aliphatic hydroxyl groups is 1. The summed E-state index contributed by atoms with van der Waals surface area (Å²) in [6, 6.07) is 18.9. The smallest absolute Gasteiger partial charge is 0.300 e. The minimum absolute atomic E-state index is 0.00969. The number of hydrogen-bond donors (Lipinski definition) is 2. The molecule has 4 rings (SSSR count). The quantitative estimate of drug-likeness (QED) is 0.356. The maximum absolute atomic E-state index is 13.0. The number of ketones is 1. The van der Waals surface area contributed by atoms with E-state index in [2.05, 4.69) is 0 Å². The third-order valence-corrected chi connectivity index (χ3v) is 5.31. The number of anilines is 1. The van der Waals surface area contributed by atoms with Crippen LogP contribution in [0.1, 0.15) is 22.7 Å². The highest BCUT2D eigenvalue weighted by molar-refractivity contribution is 6.51. The number of aromatic hydroxyl groups is 1. The lowest BCUT2D eigenvalue weighted by Crippen LogP contribution is -2.29. The van der Waals surface area contributed by atoms with Crippen molar-refractivity contribution >= 4 is 34.7 Å². The number of rotatable bonds is 3. The average molecular weight is 420 g/mol. The third kappa shape index (κ3) is 3.44. The summed E-state index contributed by atoms with van der Waals surface area (Å²) in [6.07, 6.45) is 0. The van der Waals surface area contributed by atoms with Gasteiger partial charge in [-0.25, -0.2) is 0 Å². The third-order valence-electron chi connectivity index (χ3n) is 5.06. The molecule has 0 aromatic heterocycles. The Kier molecular flexibility index (Phi) is 5.06. The second-order valence-electron chi connectivity index (χ2n) is 7.11. The van der Waals surface area contributed by atoms with Gasteiger partial charge in [-0.3, -0.25) is 14.5 Å². The summed E-state index contributed by atoms with van der Waals surface area (Å²) >= 11 is 5.98. The van der Waals surface area contributed by atoms with Crippen LogP contribution in [0.15, 0.2) is 78.4 Å². The highest BCUT2D eigenvalue weighted by atomic mass is 35.5. The molecule has 1 unspecified atom stereocenters. The maximum Gasteiger partial charge on any atom is 0.300 e. The average Bonchev–Trinajstić information content (AvgIpc) is 3.00. The van der Waals surface area contributed by atoms with Crippen molar-refractivity contribution in [3.05, 3.63) is 100 Å². The first-order chi connectivity index (χ1) is 14.4. The molecule has 1 saturated heterocycles. The van der Waals surface area contributed by atoms with Gasteiger partial charge in [-0.2, -0.15) is 0 Å². The maximum atomic E-state index is 13.0. The molecule has 1 aliphatic rings. The molecule has 0 bridgehead atoms. The molecule has 0 radical (unpaired) electrons. The van der Waals surface area contributed by atoms with Gasteiger partial charge in [0.05, 0.1) is 11.6 Å². The standard InChI is InChI=1S/C24H18ClNO4/c1-14-5-7-15(8-6-14)22(28)20-21(16-3-2-4-19(27)13-16)26(24(30)23(20)29)18-11-9-17(25)10-12-18/h2-13,21,27-28H,1H3/b22-20+.